The Morgan fingerprint density at radius 1 is 1.24 bits per heavy atom. The first kappa shape index (κ1) is 14.9. The Morgan fingerprint density at radius 2 is 1.94 bits per heavy atom. The van der Waals surface area contributed by atoms with Crippen LogP contribution in [-0.2, 0) is 4.74 Å². The van der Waals surface area contributed by atoms with Crippen LogP contribution in [0.2, 0.25) is 0 Å². The van der Waals surface area contributed by atoms with Crippen molar-refractivity contribution in [2.45, 2.75) is 46.1 Å². The molecule has 0 bridgehead atoms. The van der Waals surface area contributed by atoms with Crippen molar-refractivity contribution in [2.75, 3.05) is 39.3 Å². The minimum absolute atomic E-state index is 0.366. The van der Waals surface area contributed by atoms with E-state index < -0.39 is 0 Å². The molecule has 1 fully saturated rings. The summed E-state index contributed by atoms with van der Waals surface area (Å²) in [5, 5.41) is 3.50. The van der Waals surface area contributed by atoms with Crippen LogP contribution in [0.5, 0.6) is 0 Å². The maximum Gasteiger partial charge on any atom is 0.0518 e. The van der Waals surface area contributed by atoms with Crippen LogP contribution in [0.15, 0.2) is 0 Å². The van der Waals surface area contributed by atoms with E-state index in [4.69, 9.17) is 4.74 Å². The molecule has 0 aliphatic carbocycles. The first-order valence-corrected chi connectivity index (χ1v) is 7.23. The van der Waals surface area contributed by atoms with E-state index in [2.05, 4.69) is 31.0 Å². The zero-order chi connectivity index (χ0) is 12.5. The van der Waals surface area contributed by atoms with E-state index in [1.165, 1.54) is 32.5 Å². The molecular weight excluding hydrogens is 212 g/mol. The maximum atomic E-state index is 5.50. The summed E-state index contributed by atoms with van der Waals surface area (Å²) in [6.07, 6.45) is 4.24. The lowest BCUT2D eigenvalue weighted by Crippen LogP contribution is -2.38. The van der Waals surface area contributed by atoms with Crippen LogP contribution < -0.4 is 5.32 Å². The second-order valence-corrected chi connectivity index (χ2v) is 5.55. The van der Waals surface area contributed by atoms with Crippen molar-refractivity contribution in [2.24, 2.45) is 5.92 Å². The standard InChI is InChI=1S/C14H30N2O/c1-13(2)17-12-4-7-15-8-11-16-9-5-14(3)6-10-16/h13-15H,4-12H2,1-3H3. The molecule has 0 unspecified atom stereocenters. The normalized spacial score (nSPS) is 19.1. The van der Waals surface area contributed by atoms with Crippen LogP contribution in [-0.4, -0.2) is 50.3 Å². The molecule has 0 saturated carbocycles. The van der Waals surface area contributed by atoms with Crippen molar-refractivity contribution in [3.05, 3.63) is 0 Å². The number of nitrogens with one attached hydrogen (secondary N) is 1. The number of hydrogen-bond donors (Lipinski definition) is 1. The molecule has 3 heteroatoms. The predicted octanol–water partition coefficient (Wildman–Crippen LogP) is 2.12. The SMILES string of the molecule is CC1CCN(CCNCCCOC(C)C)CC1. The van der Waals surface area contributed by atoms with Gasteiger partial charge in [-0.05, 0) is 58.7 Å². The van der Waals surface area contributed by atoms with Gasteiger partial charge in [0.05, 0.1) is 6.10 Å². The molecule has 0 radical (unpaired) electrons. The Morgan fingerprint density at radius 3 is 2.59 bits per heavy atom. The minimum atomic E-state index is 0.366. The third-order valence-electron chi connectivity index (χ3n) is 3.43. The van der Waals surface area contributed by atoms with Crippen LogP contribution in [0.4, 0.5) is 0 Å². The van der Waals surface area contributed by atoms with Crippen molar-refractivity contribution in [1.29, 1.82) is 0 Å². The van der Waals surface area contributed by atoms with Gasteiger partial charge < -0.3 is 15.0 Å². The summed E-state index contributed by atoms with van der Waals surface area (Å²) in [5.41, 5.74) is 0. The number of rotatable bonds is 8. The Kier molecular flexibility index (Phi) is 7.82. The fraction of sp³-hybridized carbons (Fsp3) is 1.00. The highest BCUT2D eigenvalue weighted by Gasteiger charge is 2.14. The number of piperidine rings is 1. The monoisotopic (exact) mass is 242 g/mol. The van der Waals surface area contributed by atoms with Crippen LogP contribution in [0.1, 0.15) is 40.0 Å². The second kappa shape index (κ2) is 8.90. The summed E-state index contributed by atoms with van der Waals surface area (Å²) in [4.78, 5) is 2.58. The van der Waals surface area contributed by atoms with Crippen LogP contribution in [0, 0.1) is 5.92 Å². The van der Waals surface area contributed by atoms with E-state index in [1.807, 2.05) is 0 Å². The topological polar surface area (TPSA) is 24.5 Å². The molecule has 17 heavy (non-hydrogen) atoms. The van der Waals surface area contributed by atoms with E-state index in [-0.39, 0.29) is 0 Å². The Bertz CT molecular complexity index is 177. The van der Waals surface area contributed by atoms with E-state index in [0.717, 1.165) is 32.0 Å². The number of ether oxygens (including phenoxy) is 1. The van der Waals surface area contributed by atoms with Gasteiger partial charge >= 0.3 is 0 Å². The van der Waals surface area contributed by atoms with Crippen molar-refractivity contribution < 1.29 is 4.74 Å². The van der Waals surface area contributed by atoms with Crippen LogP contribution >= 0.6 is 0 Å². The van der Waals surface area contributed by atoms with Gasteiger partial charge in [-0.2, -0.15) is 0 Å². The molecule has 0 atom stereocenters. The third-order valence-corrected chi connectivity index (χ3v) is 3.43. The van der Waals surface area contributed by atoms with Gasteiger partial charge in [0.1, 0.15) is 0 Å². The number of likely N-dealkylation sites (tertiary alicyclic amines) is 1. The predicted molar refractivity (Wildman–Crippen MR) is 73.4 cm³/mol. The van der Waals surface area contributed by atoms with Crippen molar-refractivity contribution in [3.8, 4) is 0 Å². The van der Waals surface area contributed by atoms with Gasteiger partial charge in [0.15, 0.2) is 0 Å². The maximum absolute atomic E-state index is 5.50. The minimum Gasteiger partial charge on any atom is -0.379 e. The van der Waals surface area contributed by atoms with Gasteiger partial charge in [-0.1, -0.05) is 6.92 Å². The summed E-state index contributed by atoms with van der Waals surface area (Å²) >= 11 is 0. The van der Waals surface area contributed by atoms with Gasteiger partial charge in [0.2, 0.25) is 0 Å². The van der Waals surface area contributed by atoms with E-state index >= 15 is 0 Å². The van der Waals surface area contributed by atoms with E-state index in [9.17, 15) is 0 Å². The number of nitrogens with zero attached hydrogens (tertiary/aromatic N) is 1. The Balaban J connectivity index is 1.84. The first-order chi connectivity index (χ1) is 8.18. The molecular formula is C14H30N2O. The van der Waals surface area contributed by atoms with E-state index in [1.54, 1.807) is 0 Å². The molecule has 3 nitrogen and oxygen atoms in total. The van der Waals surface area contributed by atoms with Gasteiger partial charge in [-0.3, -0.25) is 0 Å². The largest absolute Gasteiger partial charge is 0.379 e. The van der Waals surface area contributed by atoms with Gasteiger partial charge in [-0.25, -0.2) is 0 Å². The molecule has 0 aromatic carbocycles. The van der Waals surface area contributed by atoms with Crippen LogP contribution in [0.25, 0.3) is 0 Å². The molecule has 0 spiro atoms. The third kappa shape index (κ3) is 7.74. The zero-order valence-electron chi connectivity index (χ0n) is 11.9. The molecule has 1 heterocycles. The van der Waals surface area contributed by atoms with Crippen molar-refractivity contribution >= 4 is 0 Å². The highest BCUT2D eigenvalue weighted by molar-refractivity contribution is 4.69. The summed E-state index contributed by atoms with van der Waals surface area (Å²) < 4.78 is 5.50. The van der Waals surface area contributed by atoms with Crippen molar-refractivity contribution in [3.63, 3.8) is 0 Å². The van der Waals surface area contributed by atoms with Gasteiger partial charge in [0, 0.05) is 19.7 Å². The first-order valence-electron chi connectivity index (χ1n) is 7.23. The molecule has 0 aromatic heterocycles. The lowest BCUT2D eigenvalue weighted by atomic mass is 9.99. The fourth-order valence-electron chi connectivity index (χ4n) is 2.16. The van der Waals surface area contributed by atoms with Crippen molar-refractivity contribution in [1.82, 2.24) is 10.2 Å². The highest BCUT2D eigenvalue weighted by Crippen LogP contribution is 2.14. The van der Waals surface area contributed by atoms with Crippen LogP contribution in [0.3, 0.4) is 0 Å². The summed E-state index contributed by atoms with van der Waals surface area (Å²) in [6.45, 7) is 13.4. The molecule has 0 amide bonds. The smallest absolute Gasteiger partial charge is 0.0518 e. The number of hydrogen-bond acceptors (Lipinski definition) is 3. The lowest BCUT2D eigenvalue weighted by Gasteiger charge is -2.30. The molecule has 1 rings (SSSR count). The zero-order valence-corrected chi connectivity index (χ0v) is 11.9. The van der Waals surface area contributed by atoms with Gasteiger partial charge in [-0.15, -0.1) is 0 Å². The molecule has 1 N–H and O–H groups in total. The molecule has 102 valence electrons. The molecule has 0 aromatic rings. The Labute approximate surface area is 107 Å². The Hall–Kier alpha value is -0.120. The highest BCUT2D eigenvalue weighted by atomic mass is 16.5. The molecule has 1 aliphatic heterocycles. The summed E-state index contributed by atoms with van der Waals surface area (Å²) in [6, 6.07) is 0. The average molecular weight is 242 g/mol. The molecule has 1 aliphatic rings. The average Bonchev–Trinajstić information content (AvgIpc) is 2.30. The quantitative estimate of drug-likeness (QED) is 0.660. The fourth-order valence-corrected chi connectivity index (χ4v) is 2.16. The lowest BCUT2D eigenvalue weighted by molar-refractivity contribution is 0.0769. The van der Waals surface area contributed by atoms with Gasteiger partial charge in [0.25, 0.3) is 0 Å². The molecule has 1 saturated heterocycles. The second-order valence-electron chi connectivity index (χ2n) is 5.55. The summed E-state index contributed by atoms with van der Waals surface area (Å²) in [7, 11) is 0. The summed E-state index contributed by atoms with van der Waals surface area (Å²) in [5.74, 6) is 0.937. The van der Waals surface area contributed by atoms with E-state index in [0.29, 0.717) is 6.10 Å².